The molecule has 5 aliphatic rings. The van der Waals surface area contributed by atoms with Crippen molar-refractivity contribution in [2.45, 2.75) is 115 Å². The van der Waals surface area contributed by atoms with Crippen molar-refractivity contribution in [3.63, 3.8) is 0 Å². The number of fused-ring (bicyclic) bond motifs is 2. The van der Waals surface area contributed by atoms with Crippen molar-refractivity contribution in [2.24, 2.45) is 23.7 Å². The molecule has 0 aromatic carbocycles. The predicted octanol–water partition coefficient (Wildman–Crippen LogP) is 3.32. The maximum absolute atomic E-state index is 13.9. The Balaban J connectivity index is 1.55. The molecule has 0 aromatic rings. The van der Waals surface area contributed by atoms with Crippen molar-refractivity contribution < 1.29 is 43.9 Å². The number of carbonyl (C=O) groups is 2. The number of ether oxygens (including phenoxy) is 4. The van der Waals surface area contributed by atoms with E-state index >= 15 is 0 Å². The number of esters is 1. The molecule has 9 heteroatoms. The summed E-state index contributed by atoms with van der Waals surface area (Å²) in [5.74, 6) is -3.54. The smallest absolute Gasteiger partial charge is 0.316 e. The summed E-state index contributed by atoms with van der Waals surface area (Å²) < 4.78 is 25.1. The highest BCUT2D eigenvalue weighted by atomic mass is 16.7. The van der Waals surface area contributed by atoms with Crippen molar-refractivity contribution in [1.29, 1.82) is 0 Å². The van der Waals surface area contributed by atoms with Gasteiger partial charge in [0.25, 0.3) is 0 Å². The maximum atomic E-state index is 13.9. The zero-order chi connectivity index (χ0) is 30.6. The SMILES string of the molecule is CC1=CC2C(=O)OC3CC(CC=C(C)C(O)C(C)C=CC=C4COC(C1=O)C42O)OC1(C3)CC(O)C(C)C(C(C)C)O1. The molecular formula is C33H46O9. The zero-order valence-electron chi connectivity index (χ0n) is 25.5. The van der Waals surface area contributed by atoms with E-state index in [1.807, 2.05) is 46.8 Å². The maximum Gasteiger partial charge on any atom is 0.316 e. The third-order valence-corrected chi connectivity index (χ3v) is 9.85. The van der Waals surface area contributed by atoms with Gasteiger partial charge in [-0.3, -0.25) is 9.59 Å². The van der Waals surface area contributed by atoms with E-state index in [0.717, 1.165) is 5.57 Å². The molecule has 42 heavy (non-hydrogen) atoms. The minimum absolute atomic E-state index is 0.0129. The van der Waals surface area contributed by atoms with Gasteiger partial charge in [-0.05, 0) is 42.9 Å². The minimum Gasteiger partial charge on any atom is -0.462 e. The average Bonchev–Trinajstić information content (AvgIpc) is 3.27. The molecule has 9 nitrogen and oxygen atoms in total. The van der Waals surface area contributed by atoms with Crippen LogP contribution in [0.3, 0.4) is 0 Å². The second kappa shape index (κ2) is 11.7. The Labute approximate surface area is 248 Å². The Morgan fingerprint density at radius 1 is 1.05 bits per heavy atom. The molecule has 0 saturated carbocycles. The average molecular weight is 587 g/mol. The number of hydrogen-bond donors (Lipinski definition) is 3. The van der Waals surface area contributed by atoms with Crippen LogP contribution < -0.4 is 0 Å². The first kappa shape index (κ1) is 31.3. The van der Waals surface area contributed by atoms with Gasteiger partial charge in [0.05, 0.1) is 31.0 Å². The summed E-state index contributed by atoms with van der Waals surface area (Å²) in [7, 11) is 0. The second-order valence-corrected chi connectivity index (χ2v) is 13.4. The fraction of sp³-hybridized carbons (Fsp3) is 0.697. The highest BCUT2D eigenvalue weighted by Gasteiger charge is 2.60. The molecule has 3 saturated heterocycles. The van der Waals surface area contributed by atoms with E-state index in [-0.39, 0.29) is 49.1 Å². The Morgan fingerprint density at radius 2 is 1.79 bits per heavy atom. The van der Waals surface area contributed by atoms with Crippen LogP contribution in [-0.4, -0.2) is 81.7 Å². The van der Waals surface area contributed by atoms with Crippen LogP contribution >= 0.6 is 0 Å². The summed E-state index contributed by atoms with van der Waals surface area (Å²) in [6.45, 7) is 11.4. The monoisotopic (exact) mass is 586 g/mol. The molecule has 11 unspecified atom stereocenters. The van der Waals surface area contributed by atoms with Crippen LogP contribution in [0.5, 0.6) is 0 Å². The van der Waals surface area contributed by atoms with Gasteiger partial charge in [0.1, 0.15) is 17.6 Å². The van der Waals surface area contributed by atoms with E-state index in [1.165, 1.54) is 6.08 Å². The fourth-order valence-electron chi connectivity index (χ4n) is 7.30. The van der Waals surface area contributed by atoms with Crippen molar-refractivity contribution in [1.82, 2.24) is 0 Å². The Morgan fingerprint density at radius 3 is 2.50 bits per heavy atom. The Hall–Kier alpha value is -2.14. The standard InChI is InChI=1S/C33H46O9/c1-17(2)29-21(6)26(34)15-32(42-29)14-24-13-23(41-32)11-10-19(4)27(35)18(3)8-7-9-22-16-39-30-28(36)20(5)12-25(31(37)40-24)33(22,30)38/h7-10,12,17-18,21,23-27,29-30,34-35,38H,11,13-16H2,1-6H3. The van der Waals surface area contributed by atoms with Gasteiger partial charge in [0.2, 0.25) is 0 Å². The van der Waals surface area contributed by atoms with E-state index in [0.29, 0.717) is 24.0 Å². The van der Waals surface area contributed by atoms with Gasteiger partial charge in [0.15, 0.2) is 17.7 Å². The summed E-state index contributed by atoms with van der Waals surface area (Å²) in [5.41, 5.74) is -0.380. The molecular weight excluding hydrogens is 540 g/mol. The lowest BCUT2D eigenvalue weighted by Crippen LogP contribution is -2.59. The van der Waals surface area contributed by atoms with Gasteiger partial charge in [-0.1, -0.05) is 58.1 Å². The van der Waals surface area contributed by atoms with Crippen LogP contribution in [0, 0.1) is 23.7 Å². The normalized spacial score (nSPS) is 44.8. The van der Waals surface area contributed by atoms with Crippen LogP contribution in [0.15, 0.2) is 47.1 Å². The summed E-state index contributed by atoms with van der Waals surface area (Å²) in [5, 5.41) is 34.1. The predicted molar refractivity (Wildman–Crippen MR) is 154 cm³/mol. The highest BCUT2D eigenvalue weighted by molar-refractivity contribution is 6.03. The quantitative estimate of drug-likeness (QED) is 0.313. The highest BCUT2D eigenvalue weighted by Crippen LogP contribution is 2.47. The fourth-order valence-corrected chi connectivity index (χ4v) is 7.30. The molecule has 3 fully saturated rings. The van der Waals surface area contributed by atoms with E-state index in [4.69, 9.17) is 18.9 Å². The molecule has 232 valence electrons. The van der Waals surface area contributed by atoms with Crippen LogP contribution in [0.2, 0.25) is 0 Å². The third kappa shape index (κ3) is 5.60. The molecule has 1 spiro atoms. The van der Waals surface area contributed by atoms with Crippen molar-refractivity contribution >= 4 is 11.8 Å². The van der Waals surface area contributed by atoms with Gasteiger partial charge in [-0.25, -0.2) is 0 Å². The van der Waals surface area contributed by atoms with Gasteiger partial charge >= 0.3 is 5.97 Å². The first-order valence-electron chi connectivity index (χ1n) is 15.3. The molecule has 4 heterocycles. The third-order valence-electron chi connectivity index (χ3n) is 9.85. The van der Waals surface area contributed by atoms with E-state index in [1.54, 1.807) is 19.1 Å². The van der Waals surface area contributed by atoms with Crippen LogP contribution in [0.1, 0.15) is 67.2 Å². The lowest BCUT2D eigenvalue weighted by molar-refractivity contribution is -0.353. The topological polar surface area (TPSA) is 132 Å². The Kier molecular flexibility index (Phi) is 8.75. The lowest BCUT2D eigenvalue weighted by atomic mass is 9.71. The molecule has 2 bridgehead atoms. The molecule has 11 atom stereocenters. The lowest BCUT2D eigenvalue weighted by Gasteiger charge is -2.52. The summed E-state index contributed by atoms with van der Waals surface area (Å²) >= 11 is 0. The number of allylic oxidation sites excluding steroid dienone is 2. The molecule has 5 rings (SSSR count). The van der Waals surface area contributed by atoms with Crippen LogP contribution in [0.4, 0.5) is 0 Å². The summed E-state index contributed by atoms with van der Waals surface area (Å²) in [6.07, 6.45) is 6.03. The number of aliphatic hydroxyl groups is 3. The van der Waals surface area contributed by atoms with Gasteiger partial charge < -0.3 is 34.3 Å². The summed E-state index contributed by atoms with van der Waals surface area (Å²) in [4.78, 5) is 26.9. The molecule has 0 radical (unpaired) electrons. The van der Waals surface area contributed by atoms with Crippen molar-refractivity contribution in [2.75, 3.05) is 6.61 Å². The first-order chi connectivity index (χ1) is 19.8. The number of rotatable bonds is 1. The number of Topliss-reactive ketones (excluding diaryl/α,β-unsaturated/α-hetero) is 1. The summed E-state index contributed by atoms with van der Waals surface area (Å²) in [6, 6.07) is 0. The number of carbonyl (C=O) groups excluding carboxylic acids is 2. The molecule has 1 aliphatic carbocycles. The molecule has 4 aliphatic heterocycles. The van der Waals surface area contributed by atoms with E-state index in [9.17, 15) is 24.9 Å². The minimum atomic E-state index is -1.90. The first-order valence-corrected chi connectivity index (χ1v) is 15.3. The van der Waals surface area contributed by atoms with Gasteiger partial charge in [-0.2, -0.15) is 0 Å². The largest absolute Gasteiger partial charge is 0.462 e. The second-order valence-electron chi connectivity index (χ2n) is 13.4. The zero-order valence-corrected chi connectivity index (χ0v) is 25.5. The number of hydrogen-bond acceptors (Lipinski definition) is 9. The molecule has 3 N–H and O–H groups in total. The van der Waals surface area contributed by atoms with Crippen LogP contribution in [0.25, 0.3) is 0 Å². The van der Waals surface area contributed by atoms with Crippen molar-refractivity contribution in [3.8, 4) is 0 Å². The number of aliphatic hydroxyl groups excluding tert-OH is 2. The van der Waals surface area contributed by atoms with Gasteiger partial charge in [-0.15, -0.1) is 0 Å². The molecule has 0 aromatic heterocycles. The van der Waals surface area contributed by atoms with E-state index in [2.05, 4.69) is 0 Å². The molecule has 0 amide bonds. The Bertz CT molecular complexity index is 1200. The van der Waals surface area contributed by atoms with Gasteiger partial charge in [0, 0.05) is 31.1 Å². The van der Waals surface area contributed by atoms with Crippen molar-refractivity contribution in [3.05, 3.63) is 47.1 Å². The number of ketones is 1. The van der Waals surface area contributed by atoms with Crippen LogP contribution in [-0.2, 0) is 28.5 Å². The van der Waals surface area contributed by atoms with E-state index < -0.39 is 53.8 Å².